The second-order valence-electron chi connectivity index (χ2n) is 4.58. The van der Waals surface area contributed by atoms with Gasteiger partial charge in [-0.3, -0.25) is 0 Å². The lowest BCUT2D eigenvalue weighted by molar-refractivity contribution is -0.137. The first kappa shape index (κ1) is 12.7. The predicted molar refractivity (Wildman–Crippen MR) is 71.2 cm³/mol. The van der Waals surface area contributed by atoms with E-state index in [1.807, 2.05) is 29.8 Å². The van der Waals surface area contributed by atoms with Crippen LogP contribution in [-0.4, -0.2) is 9.55 Å². The molecule has 0 fully saturated rings. The lowest BCUT2D eigenvalue weighted by atomic mass is 10.1. The quantitative estimate of drug-likeness (QED) is 0.649. The van der Waals surface area contributed by atoms with E-state index in [9.17, 15) is 13.2 Å². The van der Waals surface area contributed by atoms with Crippen LogP contribution in [0.1, 0.15) is 5.56 Å². The Bertz CT molecular complexity index is 755. The summed E-state index contributed by atoms with van der Waals surface area (Å²) in [6.45, 7) is 0. The number of hydrogen-bond acceptors (Lipinski definition) is 1. The van der Waals surface area contributed by atoms with Crippen molar-refractivity contribution in [2.45, 2.75) is 6.18 Å². The molecule has 2 nitrogen and oxygen atoms in total. The third kappa shape index (κ3) is 2.05. The largest absolute Gasteiger partial charge is 0.416 e. The number of aryl methyl sites for hydroxylation is 1. The summed E-state index contributed by atoms with van der Waals surface area (Å²) in [5.41, 5.74) is 1.74. The molecule has 102 valence electrons. The topological polar surface area (TPSA) is 17.8 Å². The van der Waals surface area contributed by atoms with Gasteiger partial charge < -0.3 is 4.57 Å². The van der Waals surface area contributed by atoms with E-state index in [2.05, 4.69) is 4.98 Å². The fourth-order valence-corrected chi connectivity index (χ4v) is 2.27. The molecule has 0 amide bonds. The summed E-state index contributed by atoms with van der Waals surface area (Å²) in [4.78, 5) is 4.27. The number of aromatic nitrogens is 2. The van der Waals surface area contributed by atoms with Crippen LogP contribution in [-0.2, 0) is 13.2 Å². The molecule has 2 aromatic heterocycles. The minimum absolute atomic E-state index is 0.641. The zero-order valence-electron chi connectivity index (χ0n) is 10.6. The Morgan fingerprint density at radius 1 is 1.05 bits per heavy atom. The van der Waals surface area contributed by atoms with E-state index in [-0.39, 0.29) is 0 Å². The Hall–Kier alpha value is -2.30. The van der Waals surface area contributed by atoms with Gasteiger partial charge >= 0.3 is 6.18 Å². The Morgan fingerprint density at radius 2 is 1.75 bits per heavy atom. The van der Waals surface area contributed by atoms with Gasteiger partial charge in [-0.15, -0.1) is 0 Å². The highest BCUT2D eigenvalue weighted by Crippen LogP contribution is 2.32. The molecular weight excluding hydrogens is 265 g/mol. The average molecular weight is 276 g/mol. The van der Waals surface area contributed by atoms with E-state index in [4.69, 9.17) is 0 Å². The summed E-state index contributed by atoms with van der Waals surface area (Å²) in [6.07, 6.45) is -2.61. The van der Waals surface area contributed by atoms with Gasteiger partial charge in [0.05, 0.1) is 11.3 Å². The molecule has 0 saturated heterocycles. The van der Waals surface area contributed by atoms with Crippen LogP contribution in [0.3, 0.4) is 0 Å². The standard InChI is InChI=1S/C15H11F3N2/c1-20-13(9-11-3-2-8-19-14(11)20)10-4-6-12(7-5-10)15(16,17)18/h2-9H,1H3. The van der Waals surface area contributed by atoms with Crippen molar-refractivity contribution in [1.29, 1.82) is 0 Å². The molecule has 0 bridgehead atoms. The fraction of sp³-hybridized carbons (Fsp3) is 0.133. The second kappa shape index (κ2) is 4.37. The molecule has 0 unspecified atom stereocenters. The number of pyridine rings is 1. The van der Waals surface area contributed by atoms with Gasteiger partial charge in [0, 0.05) is 18.6 Å². The molecule has 0 spiro atoms. The normalized spacial score (nSPS) is 12.0. The Kier molecular flexibility index (Phi) is 2.78. The van der Waals surface area contributed by atoms with E-state index < -0.39 is 11.7 Å². The van der Waals surface area contributed by atoms with Crippen LogP contribution in [0.5, 0.6) is 0 Å². The lowest BCUT2D eigenvalue weighted by Gasteiger charge is -2.08. The Balaban J connectivity index is 2.09. The van der Waals surface area contributed by atoms with Crippen molar-refractivity contribution in [2.24, 2.45) is 7.05 Å². The molecule has 3 rings (SSSR count). The van der Waals surface area contributed by atoms with Crippen molar-refractivity contribution in [3.63, 3.8) is 0 Å². The summed E-state index contributed by atoms with van der Waals surface area (Å²) in [7, 11) is 1.85. The Morgan fingerprint density at radius 3 is 2.35 bits per heavy atom. The molecule has 0 radical (unpaired) electrons. The van der Waals surface area contributed by atoms with Gasteiger partial charge in [-0.05, 0) is 35.9 Å². The molecule has 0 aliphatic carbocycles. The maximum atomic E-state index is 12.6. The number of fused-ring (bicyclic) bond motifs is 1. The predicted octanol–water partition coefficient (Wildman–Crippen LogP) is 4.26. The van der Waals surface area contributed by atoms with Crippen LogP contribution < -0.4 is 0 Å². The van der Waals surface area contributed by atoms with Gasteiger partial charge in [-0.25, -0.2) is 4.98 Å². The SMILES string of the molecule is Cn1c(-c2ccc(C(F)(F)F)cc2)cc2cccnc21. The van der Waals surface area contributed by atoms with Crippen molar-refractivity contribution in [1.82, 2.24) is 9.55 Å². The van der Waals surface area contributed by atoms with Crippen molar-refractivity contribution in [3.8, 4) is 11.3 Å². The van der Waals surface area contributed by atoms with E-state index in [0.29, 0.717) is 0 Å². The molecule has 3 aromatic rings. The molecule has 0 saturated carbocycles. The number of benzene rings is 1. The van der Waals surface area contributed by atoms with E-state index in [0.717, 1.165) is 34.4 Å². The molecular formula is C15H11F3N2. The Labute approximate surface area is 113 Å². The highest BCUT2D eigenvalue weighted by Gasteiger charge is 2.30. The smallest absolute Gasteiger partial charge is 0.328 e. The number of rotatable bonds is 1. The lowest BCUT2D eigenvalue weighted by Crippen LogP contribution is -2.04. The molecule has 0 aliphatic heterocycles. The molecule has 2 heterocycles. The molecule has 1 aromatic carbocycles. The van der Waals surface area contributed by atoms with Crippen LogP contribution in [0.15, 0.2) is 48.7 Å². The highest BCUT2D eigenvalue weighted by atomic mass is 19.4. The minimum atomic E-state index is -4.31. The van der Waals surface area contributed by atoms with Crippen molar-refractivity contribution >= 4 is 11.0 Å². The summed E-state index contributed by atoms with van der Waals surface area (Å²) in [6, 6.07) is 10.8. The first-order chi connectivity index (χ1) is 9.47. The third-order valence-corrected chi connectivity index (χ3v) is 3.30. The van der Waals surface area contributed by atoms with Crippen molar-refractivity contribution in [2.75, 3.05) is 0 Å². The molecule has 0 aliphatic rings. The van der Waals surface area contributed by atoms with Gasteiger partial charge in [0.15, 0.2) is 0 Å². The van der Waals surface area contributed by atoms with Gasteiger partial charge in [0.2, 0.25) is 0 Å². The zero-order chi connectivity index (χ0) is 14.3. The van der Waals surface area contributed by atoms with E-state index >= 15 is 0 Å². The van der Waals surface area contributed by atoms with E-state index in [1.165, 1.54) is 12.1 Å². The molecule has 0 atom stereocenters. The maximum absolute atomic E-state index is 12.6. The summed E-state index contributed by atoms with van der Waals surface area (Å²) < 4.78 is 39.5. The van der Waals surface area contributed by atoms with Gasteiger partial charge in [0.25, 0.3) is 0 Å². The average Bonchev–Trinajstić information content (AvgIpc) is 2.76. The third-order valence-electron chi connectivity index (χ3n) is 3.30. The van der Waals surface area contributed by atoms with Gasteiger partial charge in [-0.1, -0.05) is 12.1 Å². The first-order valence-electron chi connectivity index (χ1n) is 6.05. The molecule has 20 heavy (non-hydrogen) atoms. The first-order valence-corrected chi connectivity index (χ1v) is 6.05. The molecule has 5 heteroatoms. The molecule has 0 N–H and O–H groups in total. The number of halogens is 3. The van der Waals surface area contributed by atoms with Crippen LogP contribution in [0.2, 0.25) is 0 Å². The van der Waals surface area contributed by atoms with Gasteiger partial charge in [-0.2, -0.15) is 13.2 Å². The second-order valence-corrected chi connectivity index (χ2v) is 4.58. The number of hydrogen-bond donors (Lipinski definition) is 0. The zero-order valence-corrected chi connectivity index (χ0v) is 10.6. The monoisotopic (exact) mass is 276 g/mol. The highest BCUT2D eigenvalue weighted by molar-refractivity contribution is 5.84. The summed E-state index contributed by atoms with van der Waals surface area (Å²) >= 11 is 0. The minimum Gasteiger partial charge on any atom is -0.328 e. The summed E-state index contributed by atoms with van der Waals surface area (Å²) in [5.74, 6) is 0. The summed E-state index contributed by atoms with van der Waals surface area (Å²) in [5, 5.41) is 0.963. The van der Waals surface area contributed by atoms with Crippen LogP contribution in [0.4, 0.5) is 13.2 Å². The number of alkyl halides is 3. The maximum Gasteiger partial charge on any atom is 0.416 e. The number of nitrogens with zero attached hydrogens (tertiary/aromatic N) is 2. The van der Waals surface area contributed by atoms with Crippen LogP contribution >= 0.6 is 0 Å². The van der Waals surface area contributed by atoms with Crippen molar-refractivity contribution < 1.29 is 13.2 Å². The van der Waals surface area contributed by atoms with E-state index in [1.54, 1.807) is 6.20 Å². The fourth-order valence-electron chi connectivity index (χ4n) is 2.27. The van der Waals surface area contributed by atoms with Gasteiger partial charge in [0.1, 0.15) is 5.65 Å². The van der Waals surface area contributed by atoms with Crippen molar-refractivity contribution in [3.05, 3.63) is 54.2 Å². The van der Waals surface area contributed by atoms with Crippen LogP contribution in [0.25, 0.3) is 22.3 Å². The van der Waals surface area contributed by atoms with Crippen LogP contribution in [0, 0.1) is 0 Å².